The summed E-state index contributed by atoms with van der Waals surface area (Å²) in [7, 11) is 0. The van der Waals surface area contributed by atoms with Crippen molar-refractivity contribution in [2.24, 2.45) is 11.7 Å². The number of carbonyl (C=O) groups is 1. The van der Waals surface area contributed by atoms with E-state index in [2.05, 4.69) is 6.92 Å². The summed E-state index contributed by atoms with van der Waals surface area (Å²) in [5.74, 6) is 0.576. The van der Waals surface area contributed by atoms with Gasteiger partial charge in [0, 0.05) is 17.6 Å². The van der Waals surface area contributed by atoms with Crippen LogP contribution in [0, 0.1) is 5.92 Å². The van der Waals surface area contributed by atoms with Crippen molar-refractivity contribution < 1.29 is 4.79 Å². The third-order valence-corrected chi connectivity index (χ3v) is 4.57. The van der Waals surface area contributed by atoms with Crippen molar-refractivity contribution in [1.82, 2.24) is 4.90 Å². The van der Waals surface area contributed by atoms with E-state index in [9.17, 15) is 4.79 Å². The molecule has 0 saturated carbocycles. The predicted octanol–water partition coefficient (Wildman–Crippen LogP) is 3.24. The molecule has 1 aliphatic heterocycles. The first-order valence-corrected chi connectivity index (χ1v) is 7.51. The Morgan fingerprint density at radius 3 is 2.67 bits per heavy atom. The van der Waals surface area contributed by atoms with E-state index in [-0.39, 0.29) is 24.4 Å². The smallest absolute Gasteiger partial charge is 0.232 e. The van der Waals surface area contributed by atoms with Crippen LogP contribution in [0.4, 0.5) is 0 Å². The fraction of sp³-hybridized carbons (Fsp3) is 0.562. The molecule has 3 nitrogen and oxygen atoms in total. The second kappa shape index (κ2) is 6.99. The first-order chi connectivity index (χ1) is 9.36. The van der Waals surface area contributed by atoms with Gasteiger partial charge in [-0.2, -0.15) is 0 Å². The van der Waals surface area contributed by atoms with Crippen LogP contribution in [0.25, 0.3) is 0 Å². The van der Waals surface area contributed by atoms with E-state index < -0.39 is 5.41 Å². The molecule has 2 N–H and O–H groups in total. The zero-order valence-corrected chi connectivity index (χ0v) is 14.4. The van der Waals surface area contributed by atoms with Gasteiger partial charge in [-0.05, 0) is 57.4 Å². The van der Waals surface area contributed by atoms with Gasteiger partial charge in [0.25, 0.3) is 0 Å². The molecule has 5 heteroatoms. The summed E-state index contributed by atoms with van der Waals surface area (Å²) in [5.41, 5.74) is 6.13. The van der Waals surface area contributed by atoms with Gasteiger partial charge in [0.15, 0.2) is 0 Å². The minimum Gasteiger partial charge on any atom is -0.339 e. The van der Waals surface area contributed by atoms with Crippen LogP contribution >= 0.6 is 24.0 Å². The van der Waals surface area contributed by atoms with Crippen molar-refractivity contribution in [3.05, 3.63) is 34.9 Å². The van der Waals surface area contributed by atoms with Gasteiger partial charge in [0.2, 0.25) is 5.91 Å². The molecule has 2 atom stereocenters. The number of amides is 1. The SMILES string of the molecule is CC1CC(CN)CN1C(=O)C(C)(C)c1cccc(Cl)c1.Cl. The summed E-state index contributed by atoms with van der Waals surface area (Å²) in [4.78, 5) is 14.9. The Morgan fingerprint density at radius 2 is 2.14 bits per heavy atom. The van der Waals surface area contributed by atoms with Gasteiger partial charge in [-0.1, -0.05) is 23.7 Å². The number of carbonyl (C=O) groups excluding carboxylic acids is 1. The third-order valence-electron chi connectivity index (χ3n) is 4.34. The first-order valence-electron chi connectivity index (χ1n) is 7.13. The van der Waals surface area contributed by atoms with Crippen LogP contribution in [0.5, 0.6) is 0 Å². The normalized spacial score (nSPS) is 22.0. The van der Waals surface area contributed by atoms with Crippen LogP contribution in [0.3, 0.4) is 0 Å². The van der Waals surface area contributed by atoms with Crippen molar-refractivity contribution >= 4 is 29.9 Å². The molecule has 1 saturated heterocycles. The maximum absolute atomic E-state index is 12.9. The van der Waals surface area contributed by atoms with Crippen molar-refractivity contribution in [3.63, 3.8) is 0 Å². The zero-order chi connectivity index (χ0) is 14.9. The average molecular weight is 331 g/mol. The van der Waals surface area contributed by atoms with Crippen molar-refractivity contribution in [2.75, 3.05) is 13.1 Å². The van der Waals surface area contributed by atoms with E-state index in [1.54, 1.807) is 0 Å². The second-order valence-corrected chi connectivity index (χ2v) is 6.72. The number of hydrogen-bond acceptors (Lipinski definition) is 2. The highest BCUT2D eigenvalue weighted by molar-refractivity contribution is 6.30. The van der Waals surface area contributed by atoms with Gasteiger partial charge in [-0.3, -0.25) is 4.79 Å². The highest BCUT2D eigenvalue weighted by Gasteiger charge is 2.39. The monoisotopic (exact) mass is 330 g/mol. The Bertz CT molecular complexity index is 505. The average Bonchev–Trinajstić information content (AvgIpc) is 2.79. The maximum atomic E-state index is 12.9. The maximum Gasteiger partial charge on any atom is 0.232 e. The van der Waals surface area contributed by atoms with Crippen LogP contribution in [-0.2, 0) is 10.2 Å². The lowest BCUT2D eigenvalue weighted by molar-refractivity contribution is -0.136. The predicted molar refractivity (Wildman–Crippen MR) is 90.1 cm³/mol. The Balaban J connectivity index is 0.00000220. The lowest BCUT2D eigenvalue weighted by Crippen LogP contribution is -2.45. The van der Waals surface area contributed by atoms with E-state index >= 15 is 0 Å². The van der Waals surface area contributed by atoms with E-state index in [1.165, 1.54) is 0 Å². The largest absolute Gasteiger partial charge is 0.339 e. The lowest BCUT2D eigenvalue weighted by Gasteiger charge is -2.32. The van der Waals surface area contributed by atoms with Gasteiger partial charge in [0.1, 0.15) is 0 Å². The number of nitrogens with zero attached hydrogens (tertiary/aromatic N) is 1. The van der Waals surface area contributed by atoms with Crippen LogP contribution < -0.4 is 5.73 Å². The molecule has 1 aromatic rings. The van der Waals surface area contributed by atoms with Gasteiger partial charge >= 0.3 is 0 Å². The number of nitrogens with two attached hydrogens (primary N) is 1. The zero-order valence-electron chi connectivity index (χ0n) is 12.8. The van der Waals surface area contributed by atoms with Gasteiger partial charge < -0.3 is 10.6 Å². The van der Waals surface area contributed by atoms with E-state index in [1.807, 2.05) is 43.0 Å². The second-order valence-electron chi connectivity index (χ2n) is 6.28. The summed E-state index contributed by atoms with van der Waals surface area (Å²) in [6.07, 6.45) is 0.994. The number of hydrogen-bond donors (Lipinski definition) is 1. The molecule has 1 aromatic carbocycles. The highest BCUT2D eigenvalue weighted by Crippen LogP contribution is 2.32. The Morgan fingerprint density at radius 1 is 1.48 bits per heavy atom. The molecule has 118 valence electrons. The molecular formula is C16H24Cl2N2O. The summed E-state index contributed by atoms with van der Waals surface area (Å²) < 4.78 is 0. The fourth-order valence-electron chi connectivity index (χ4n) is 2.96. The molecule has 21 heavy (non-hydrogen) atoms. The van der Waals surface area contributed by atoms with Crippen LogP contribution in [-0.4, -0.2) is 29.9 Å². The molecule has 0 aromatic heterocycles. The summed E-state index contributed by atoms with van der Waals surface area (Å²) in [6, 6.07) is 7.82. The number of benzene rings is 1. The minimum atomic E-state index is -0.567. The van der Waals surface area contributed by atoms with Crippen LogP contribution in [0.1, 0.15) is 32.8 Å². The molecule has 1 fully saturated rings. The molecule has 0 spiro atoms. The van der Waals surface area contributed by atoms with E-state index in [0.717, 1.165) is 18.5 Å². The number of rotatable bonds is 3. The third kappa shape index (κ3) is 3.71. The molecule has 1 heterocycles. The quantitative estimate of drug-likeness (QED) is 0.924. The fourth-order valence-corrected chi connectivity index (χ4v) is 3.15. The number of likely N-dealkylation sites (tertiary alicyclic amines) is 1. The minimum absolute atomic E-state index is 0. The molecule has 0 aliphatic carbocycles. The summed E-state index contributed by atoms with van der Waals surface area (Å²) >= 11 is 6.05. The Kier molecular flexibility index (Phi) is 6.09. The summed E-state index contributed by atoms with van der Waals surface area (Å²) in [6.45, 7) is 7.43. The van der Waals surface area contributed by atoms with E-state index in [0.29, 0.717) is 17.5 Å². The highest BCUT2D eigenvalue weighted by atomic mass is 35.5. The molecule has 2 rings (SSSR count). The van der Waals surface area contributed by atoms with Crippen molar-refractivity contribution in [2.45, 2.75) is 38.6 Å². The van der Waals surface area contributed by atoms with Crippen LogP contribution in [0.2, 0.25) is 5.02 Å². The molecule has 0 bridgehead atoms. The van der Waals surface area contributed by atoms with E-state index in [4.69, 9.17) is 17.3 Å². The molecule has 1 amide bonds. The first kappa shape index (κ1) is 18.3. The number of halogens is 2. The Labute approximate surface area is 138 Å². The van der Waals surface area contributed by atoms with Crippen LogP contribution in [0.15, 0.2) is 24.3 Å². The standard InChI is InChI=1S/C16H23ClN2O.ClH/c1-11-7-12(9-18)10-19(11)15(20)16(2,3)13-5-4-6-14(17)8-13;/h4-6,8,11-12H,7,9-10,18H2,1-3H3;1H. The van der Waals surface area contributed by atoms with Crippen molar-refractivity contribution in [1.29, 1.82) is 0 Å². The Hall–Kier alpha value is -0.770. The molecule has 1 aliphatic rings. The van der Waals surface area contributed by atoms with Gasteiger partial charge in [0.05, 0.1) is 5.41 Å². The van der Waals surface area contributed by atoms with Gasteiger partial charge in [-0.15, -0.1) is 12.4 Å². The lowest BCUT2D eigenvalue weighted by atomic mass is 9.83. The summed E-state index contributed by atoms with van der Waals surface area (Å²) in [5, 5.41) is 0.665. The molecule has 2 unspecified atom stereocenters. The molecule has 0 radical (unpaired) electrons. The van der Waals surface area contributed by atoms with Crippen molar-refractivity contribution in [3.8, 4) is 0 Å². The topological polar surface area (TPSA) is 46.3 Å². The molecular weight excluding hydrogens is 307 g/mol. The van der Waals surface area contributed by atoms with Gasteiger partial charge in [-0.25, -0.2) is 0 Å².